The van der Waals surface area contributed by atoms with E-state index < -0.39 is 29.6 Å². The van der Waals surface area contributed by atoms with Gasteiger partial charge in [0.2, 0.25) is 0 Å². The highest BCUT2D eigenvalue weighted by molar-refractivity contribution is 5.75. The second-order valence-corrected chi connectivity index (χ2v) is 6.71. The van der Waals surface area contributed by atoms with Crippen molar-refractivity contribution in [2.75, 3.05) is 0 Å². The Labute approximate surface area is 130 Å². The summed E-state index contributed by atoms with van der Waals surface area (Å²) in [6.45, 7) is 5.34. The molecule has 1 saturated carbocycles. The molecule has 1 amide bonds. The van der Waals surface area contributed by atoms with E-state index in [0.29, 0.717) is 6.42 Å². The number of amides is 1. The van der Waals surface area contributed by atoms with E-state index in [1.54, 1.807) is 20.8 Å². The van der Waals surface area contributed by atoms with Crippen molar-refractivity contribution in [3.63, 3.8) is 0 Å². The minimum absolute atomic E-state index is 0.0846. The Hall–Kier alpha value is -2.04. The van der Waals surface area contributed by atoms with E-state index in [9.17, 15) is 14.7 Å². The van der Waals surface area contributed by atoms with Gasteiger partial charge in [-0.05, 0) is 45.1 Å². The first-order chi connectivity index (χ1) is 10.3. The van der Waals surface area contributed by atoms with Crippen LogP contribution in [0.25, 0.3) is 0 Å². The van der Waals surface area contributed by atoms with Gasteiger partial charge in [0.15, 0.2) is 0 Å². The van der Waals surface area contributed by atoms with Gasteiger partial charge in [-0.1, -0.05) is 30.3 Å². The number of carboxylic acids is 1. The van der Waals surface area contributed by atoms with Gasteiger partial charge >= 0.3 is 12.1 Å². The third kappa shape index (κ3) is 4.00. The average molecular weight is 305 g/mol. The van der Waals surface area contributed by atoms with E-state index in [2.05, 4.69) is 5.32 Å². The van der Waals surface area contributed by atoms with Gasteiger partial charge in [-0.15, -0.1) is 0 Å². The van der Waals surface area contributed by atoms with E-state index in [-0.39, 0.29) is 5.92 Å². The van der Waals surface area contributed by atoms with Crippen molar-refractivity contribution < 1.29 is 19.4 Å². The number of alkyl carbamates (subject to hydrolysis) is 1. The summed E-state index contributed by atoms with van der Waals surface area (Å²) in [5.41, 5.74) is 0.406. The quantitative estimate of drug-likeness (QED) is 0.899. The third-order valence-corrected chi connectivity index (χ3v) is 3.87. The molecule has 5 heteroatoms. The summed E-state index contributed by atoms with van der Waals surface area (Å²) in [5.74, 6) is -1.60. The molecule has 5 nitrogen and oxygen atoms in total. The number of carboxylic acid groups (broad SMARTS) is 1. The number of carbonyl (C=O) groups excluding carboxylic acids is 1. The van der Waals surface area contributed by atoms with Crippen molar-refractivity contribution in [2.45, 2.75) is 51.2 Å². The van der Waals surface area contributed by atoms with Gasteiger partial charge in [-0.25, -0.2) is 4.79 Å². The molecule has 1 aromatic rings. The number of hydrogen-bond acceptors (Lipinski definition) is 3. The highest BCUT2D eigenvalue weighted by Gasteiger charge is 2.43. The molecular weight excluding hydrogens is 282 g/mol. The van der Waals surface area contributed by atoms with Gasteiger partial charge in [0.25, 0.3) is 0 Å². The van der Waals surface area contributed by atoms with Crippen LogP contribution in [0.1, 0.15) is 45.1 Å². The monoisotopic (exact) mass is 305 g/mol. The Kier molecular flexibility index (Phi) is 4.74. The fourth-order valence-electron chi connectivity index (χ4n) is 3.04. The lowest BCUT2D eigenvalue weighted by atomic mass is 9.87. The largest absolute Gasteiger partial charge is 0.481 e. The minimum atomic E-state index is -0.882. The molecule has 1 aliphatic rings. The number of carbonyl (C=O) groups is 2. The molecule has 22 heavy (non-hydrogen) atoms. The summed E-state index contributed by atoms with van der Waals surface area (Å²) in [5, 5.41) is 12.3. The molecular formula is C17H23NO4. The van der Waals surface area contributed by atoms with Crippen LogP contribution in [0.4, 0.5) is 4.79 Å². The molecule has 0 spiro atoms. The first-order valence-electron chi connectivity index (χ1n) is 7.55. The number of rotatable bonds is 3. The first-order valence-corrected chi connectivity index (χ1v) is 7.55. The van der Waals surface area contributed by atoms with Crippen LogP contribution in [0, 0.1) is 5.92 Å². The molecule has 2 N–H and O–H groups in total. The maximum Gasteiger partial charge on any atom is 0.407 e. The summed E-state index contributed by atoms with van der Waals surface area (Å²) in [6, 6.07) is 9.20. The molecule has 120 valence electrons. The lowest BCUT2D eigenvalue weighted by Crippen LogP contribution is -2.43. The number of hydrogen-bond donors (Lipinski definition) is 2. The van der Waals surface area contributed by atoms with Gasteiger partial charge in [-0.3, -0.25) is 4.79 Å². The SMILES string of the molecule is CC(C)(C)OC(=O)N[C@H]1CC[C@@H](c2ccccc2)[C@@H]1C(=O)O. The number of nitrogens with one attached hydrogen (secondary N) is 1. The Morgan fingerprint density at radius 3 is 2.36 bits per heavy atom. The van der Waals surface area contributed by atoms with Crippen molar-refractivity contribution in [3.05, 3.63) is 35.9 Å². The highest BCUT2D eigenvalue weighted by Crippen LogP contribution is 2.40. The Morgan fingerprint density at radius 2 is 1.82 bits per heavy atom. The van der Waals surface area contributed by atoms with E-state index in [0.717, 1.165) is 12.0 Å². The van der Waals surface area contributed by atoms with E-state index in [4.69, 9.17) is 4.74 Å². The van der Waals surface area contributed by atoms with Crippen LogP contribution in [0.3, 0.4) is 0 Å². The summed E-state index contributed by atoms with van der Waals surface area (Å²) in [7, 11) is 0. The first kappa shape index (κ1) is 16.3. The van der Waals surface area contributed by atoms with Crippen molar-refractivity contribution >= 4 is 12.1 Å². The van der Waals surface area contributed by atoms with Crippen LogP contribution in [-0.2, 0) is 9.53 Å². The fraction of sp³-hybridized carbons (Fsp3) is 0.529. The molecule has 0 unspecified atom stereocenters. The molecule has 1 aliphatic carbocycles. The van der Waals surface area contributed by atoms with Gasteiger partial charge < -0.3 is 15.2 Å². The minimum Gasteiger partial charge on any atom is -0.481 e. The van der Waals surface area contributed by atoms with Crippen LogP contribution in [0.2, 0.25) is 0 Å². The predicted octanol–water partition coefficient (Wildman–Crippen LogP) is 3.16. The molecule has 2 rings (SSSR count). The molecule has 0 bridgehead atoms. The lowest BCUT2D eigenvalue weighted by Gasteiger charge is -2.25. The van der Waals surface area contributed by atoms with Crippen LogP contribution in [-0.4, -0.2) is 28.8 Å². The van der Waals surface area contributed by atoms with Gasteiger partial charge in [0.05, 0.1) is 5.92 Å². The van der Waals surface area contributed by atoms with Crippen LogP contribution in [0.15, 0.2) is 30.3 Å². The number of ether oxygens (including phenoxy) is 1. The predicted molar refractivity (Wildman–Crippen MR) is 82.7 cm³/mol. The number of aliphatic carboxylic acids is 1. The van der Waals surface area contributed by atoms with E-state index >= 15 is 0 Å². The summed E-state index contributed by atoms with van der Waals surface area (Å²) in [4.78, 5) is 23.6. The zero-order chi connectivity index (χ0) is 16.3. The molecule has 0 heterocycles. The molecule has 0 aliphatic heterocycles. The zero-order valence-corrected chi connectivity index (χ0v) is 13.2. The highest BCUT2D eigenvalue weighted by atomic mass is 16.6. The summed E-state index contributed by atoms with van der Waals surface area (Å²) >= 11 is 0. The van der Waals surface area contributed by atoms with Crippen LogP contribution in [0.5, 0.6) is 0 Å². The molecule has 0 aromatic heterocycles. The maximum atomic E-state index is 11.9. The van der Waals surface area contributed by atoms with Crippen LogP contribution >= 0.6 is 0 Å². The Bertz CT molecular complexity index is 535. The van der Waals surface area contributed by atoms with E-state index in [1.807, 2.05) is 30.3 Å². The summed E-state index contributed by atoms with van der Waals surface area (Å²) in [6.07, 6.45) is 0.814. The smallest absolute Gasteiger partial charge is 0.407 e. The second-order valence-electron chi connectivity index (χ2n) is 6.71. The van der Waals surface area contributed by atoms with Crippen molar-refractivity contribution in [2.24, 2.45) is 5.92 Å². The fourth-order valence-corrected chi connectivity index (χ4v) is 3.04. The molecule has 0 saturated heterocycles. The standard InChI is InChI=1S/C17H23NO4/c1-17(2,3)22-16(21)18-13-10-9-12(14(13)15(19)20)11-7-5-4-6-8-11/h4-8,12-14H,9-10H2,1-3H3,(H,18,21)(H,19,20)/t12-,13-,14-/m0/s1. The topological polar surface area (TPSA) is 75.6 Å². The van der Waals surface area contributed by atoms with Gasteiger partial charge in [0.1, 0.15) is 5.60 Å². The summed E-state index contributed by atoms with van der Waals surface area (Å²) < 4.78 is 5.23. The second kappa shape index (κ2) is 6.38. The van der Waals surface area contributed by atoms with Crippen molar-refractivity contribution in [3.8, 4) is 0 Å². The third-order valence-electron chi connectivity index (χ3n) is 3.87. The van der Waals surface area contributed by atoms with E-state index in [1.165, 1.54) is 0 Å². The normalized spacial score (nSPS) is 24.8. The molecule has 3 atom stereocenters. The maximum absolute atomic E-state index is 11.9. The van der Waals surface area contributed by atoms with Gasteiger partial charge in [-0.2, -0.15) is 0 Å². The average Bonchev–Trinajstić information content (AvgIpc) is 2.81. The number of benzene rings is 1. The van der Waals surface area contributed by atoms with Crippen molar-refractivity contribution in [1.82, 2.24) is 5.32 Å². The van der Waals surface area contributed by atoms with Crippen LogP contribution < -0.4 is 5.32 Å². The zero-order valence-electron chi connectivity index (χ0n) is 13.2. The van der Waals surface area contributed by atoms with Crippen molar-refractivity contribution in [1.29, 1.82) is 0 Å². The molecule has 0 radical (unpaired) electrons. The molecule has 1 aromatic carbocycles. The van der Waals surface area contributed by atoms with Gasteiger partial charge in [0, 0.05) is 6.04 Å². The lowest BCUT2D eigenvalue weighted by molar-refractivity contribution is -0.142. The Morgan fingerprint density at radius 1 is 1.18 bits per heavy atom. The molecule has 1 fully saturated rings. The Balaban J connectivity index is 2.10.